The maximum Gasteiger partial charge on any atom is 0.217 e. The quantitative estimate of drug-likeness (QED) is 0.510. The van der Waals surface area contributed by atoms with E-state index in [1.54, 1.807) is 11.0 Å². The van der Waals surface area contributed by atoms with Crippen molar-refractivity contribution in [1.29, 1.82) is 0 Å². The zero-order valence-corrected chi connectivity index (χ0v) is 18.1. The fourth-order valence-electron chi connectivity index (χ4n) is 3.37. The molecule has 0 spiro atoms. The number of aryl methyl sites for hydroxylation is 1. The van der Waals surface area contributed by atoms with Gasteiger partial charge in [-0.15, -0.1) is 0 Å². The molecule has 1 aliphatic rings. The predicted octanol–water partition coefficient (Wildman–Crippen LogP) is 1.15. The Kier molecular flexibility index (Phi) is 6.42. The Bertz CT molecular complexity index is 1080. The van der Waals surface area contributed by atoms with Crippen LogP contribution in [0.25, 0.3) is 5.82 Å². The van der Waals surface area contributed by atoms with Crippen molar-refractivity contribution in [3.63, 3.8) is 0 Å². The van der Waals surface area contributed by atoms with Gasteiger partial charge in [0.1, 0.15) is 37.2 Å². The summed E-state index contributed by atoms with van der Waals surface area (Å²) < 4.78 is 34.1. The topological polar surface area (TPSA) is 106 Å². The Morgan fingerprint density at radius 3 is 2.42 bits per heavy atom. The van der Waals surface area contributed by atoms with Gasteiger partial charge in [0.05, 0.1) is 5.75 Å². The molecule has 0 amide bonds. The molecule has 31 heavy (non-hydrogen) atoms. The lowest BCUT2D eigenvalue weighted by Gasteiger charge is -2.34. The molecular weight excluding hydrogens is 418 g/mol. The molecule has 1 aromatic carbocycles. The number of hydrogen-bond acceptors (Lipinski definition) is 8. The lowest BCUT2D eigenvalue weighted by molar-refractivity contribution is 0.331. The fourth-order valence-corrected chi connectivity index (χ4v) is 4.64. The largest absolute Gasteiger partial charge is 0.492 e. The molecule has 0 radical (unpaired) electrons. The van der Waals surface area contributed by atoms with Crippen LogP contribution in [0.3, 0.4) is 0 Å². The number of piperazine rings is 1. The van der Waals surface area contributed by atoms with Gasteiger partial charge in [-0.2, -0.15) is 9.40 Å². The molecule has 3 heterocycles. The third-order valence-electron chi connectivity index (χ3n) is 5.19. The molecule has 3 aromatic rings. The maximum absolute atomic E-state index is 12.7. The Labute approximate surface area is 181 Å². The van der Waals surface area contributed by atoms with E-state index in [9.17, 15) is 8.42 Å². The summed E-state index contributed by atoms with van der Waals surface area (Å²) in [5.41, 5.74) is 1.22. The summed E-state index contributed by atoms with van der Waals surface area (Å²) in [6.45, 7) is 4.11. The average Bonchev–Trinajstić information content (AvgIpc) is 3.35. The zero-order valence-electron chi connectivity index (χ0n) is 17.3. The van der Waals surface area contributed by atoms with E-state index >= 15 is 0 Å². The highest BCUT2D eigenvalue weighted by Crippen LogP contribution is 2.17. The molecule has 1 fully saturated rings. The molecule has 0 aliphatic carbocycles. The van der Waals surface area contributed by atoms with Crippen molar-refractivity contribution in [2.24, 2.45) is 0 Å². The second kappa shape index (κ2) is 9.40. The summed E-state index contributed by atoms with van der Waals surface area (Å²) in [7, 11) is -3.39. The van der Waals surface area contributed by atoms with Crippen molar-refractivity contribution in [1.82, 2.24) is 29.0 Å². The highest BCUT2D eigenvalue weighted by molar-refractivity contribution is 7.89. The highest BCUT2D eigenvalue weighted by Gasteiger charge is 2.27. The van der Waals surface area contributed by atoms with Gasteiger partial charge in [0.2, 0.25) is 10.0 Å². The van der Waals surface area contributed by atoms with Crippen molar-refractivity contribution in [2.75, 3.05) is 43.4 Å². The van der Waals surface area contributed by atoms with Crippen LogP contribution in [0.2, 0.25) is 0 Å². The van der Waals surface area contributed by atoms with Crippen molar-refractivity contribution in [2.45, 2.75) is 13.3 Å². The van der Waals surface area contributed by atoms with Gasteiger partial charge in [-0.3, -0.25) is 0 Å². The SMILES string of the molecule is CCc1ccc(OCCS(=O)(=O)N2CCN(c3cc(-n4cncn4)ncn3)CC2)cc1. The number of rotatable bonds is 8. The molecule has 2 aromatic heterocycles. The maximum atomic E-state index is 12.7. The van der Waals surface area contributed by atoms with Crippen LogP contribution < -0.4 is 9.64 Å². The summed E-state index contributed by atoms with van der Waals surface area (Å²) in [4.78, 5) is 14.5. The first-order chi connectivity index (χ1) is 15.0. The van der Waals surface area contributed by atoms with Gasteiger partial charge in [-0.25, -0.2) is 28.1 Å². The normalized spacial score (nSPS) is 15.2. The van der Waals surface area contributed by atoms with Gasteiger partial charge >= 0.3 is 0 Å². The Morgan fingerprint density at radius 2 is 1.74 bits per heavy atom. The molecule has 0 atom stereocenters. The lowest BCUT2D eigenvalue weighted by Crippen LogP contribution is -2.50. The molecule has 4 rings (SSSR count). The lowest BCUT2D eigenvalue weighted by atomic mass is 10.2. The van der Waals surface area contributed by atoms with Crippen LogP contribution in [0.1, 0.15) is 12.5 Å². The third kappa shape index (κ3) is 5.17. The molecular formula is C20H25N7O3S. The molecule has 0 bridgehead atoms. The second-order valence-corrected chi connectivity index (χ2v) is 9.21. The van der Waals surface area contributed by atoms with Crippen molar-refractivity contribution < 1.29 is 13.2 Å². The van der Waals surface area contributed by atoms with Gasteiger partial charge in [0.15, 0.2) is 5.82 Å². The van der Waals surface area contributed by atoms with E-state index < -0.39 is 10.0 Å². The molecule has 0 unspecified atom stereocenters. The standard InChI is InChI=1S/C20H25N7O3S/c1-2-17-3-5-18(6-4-17)30-11-12-31(28,29)26-9-7-25(8-10-26)19-13-20(23-15-22-19)27-16-21-14-24-27/h3-6,13-16H,2,7-12H2,1H3. The average molecular weight is 444 g/mol. The van der Waals surface area contributed by atoms with E-state index in [1.165, 1.54) is 22.5 Å². The summed E-state index contributed by atoms with van der Waals surface area (Å²) in [6.07, 6.45) is 5.43. The Morgan fingerprint density at radius 1 is 1.00 bits per heavy atom. The van der Waals surface area contributed by atoms with Crippen LogP contribution in [-0.2, 0) is 16.4 Å². The molecule has 10 nitrogen and oxygen atoms in total. The number of nitrogens with zero attached hydrogens (tertiary/aromatic N) is 7. The van der Waals surface area contributed by atoms with Crippen LogP contribution in [0.15, 0.2) is 49.3 Å². The number of benzene rings is 1. The van der Waals surface area contributed by atoms with Crippen LogP contribution in [0.4, 0.5) is 5.82 Å². The monoisotopic (exact) mass is 443 g/mol. The third-order valence-corrected chi connectivity index (χ3v) is 7.02. The minimum absolute atomic E-state index is 0.0491. The number of ether oxygens (including phenoxy) is 1. The minimum atomic E-state index is -3.39. The number of aromatic nitrogens is 5. The Hall–Kier alpha value is -3.05. The van der Waals surface area contributed by atoms with Gasteiger partial charge < -0.3 is 9.64 Å². The van der Waals surface area contributed by atoms with Crippen LogP contribution in [0.5, 0.6) is 5.75 Å². The first kappa shape index (κ1) is 21.2. The molecule has 0 N–H and O–H groups in total. The van der Waals surface area contributed by atoms with Crippen molar-refractivity contribution >= 4 is 15.8 Å². The van der Waals surface area contributed by atoms with Gasteiger partial charge in [-0.1, -0.05) is 19.1 Å². The number of hydrogen-bond donors (Lipinski definition) is 0. The summed E-state index contributed by atoms with van der Waals surface area (Å²) in [5.74, 6) is 1.98. The van der Waals surface area contributed by atoms with Crippen LogP contribution in [-0.4, -0.2) is 76.0 Å². The molecule has 164 valence electrons. The fraction of sp³-hybridized carbons (Fsp3) is 0.400. The first-order valence-electron chi connectivity index (χ1n) is 10.2. The molecule has 11 heteroatoms. The smallest absolute Gasteiger partial charge is 0.217 e. The minimum Gasteiger partial charge on any atom is -0.492 e. The van der Waals surface area contributed by atoms with Gasteiger partial charge in [0.25, 0.3) is 0 Å². The number of sulfonamides is 1. The molecule has 0 saturated carbocycles. The van der Waals surface area contributed by atoms with Crippen molar-refractivity contribution in [3.05, 3.63) is 54.9 Å². The molecule has 1 aliphatic heterocycles. The predicted molar refractivity (Wildman–Crippen MR) is 116 cm³/mol. The van der Waals surface area contributed by atoms with E-state index in [0.29, 0.717) is 37.7 Å². The van der Waals surface area contributed by atoms with E-state index in [2.05, 4.69) is 27.0 Å². The summed E-state index contributed by atoms with van der Waals surface area (Å²) in [5, 5.41) is 4.07. The van der Waals surface area contributed by atoms with Gasteiger partial charge in [0, 0.05) is 32.2 Å². The van der Waals surface area contributed by atoms with E-state index in [1.807, 2.05) is 35.2 Å². The second-order valence-electron chi connectivity index (χ2n) is 7.12. The zero-order chi connectivity index (χ0) is 21.7. The highest BCUT2D eigenvalue weighted by atomic mass is 32.2. The first-order valence-corrected chi connectivity index (χ1v) is 11.8. The van der Waals surface area contributed by atoms with Gasteiger partial charge in [-0.05, 0) is 24.1 Å². The van der Waals surface area contributed by atoms with Crippen LogP contribution in [0, 0.1) is 0 Å². The van der Waals surface area contributed by atoms with E-state index in [4.69, 9.17) is 4.74 Å². The van der Waals surface area contributed by atoms with E-state index in [-0.39, 0.29) is 12.4 Å². The van der Waals surface area contributed by atoms with E-state index in [0.717, 1.165) is 12.2 Å². The molecule has 1 saturated heterocycles. The van der Waals surface area contributed by atoms with Crippen molar-refractivity contribution in [3.8, 4) is 11.6 Å². The Balaban J connectivity index is 1.30. The van der Waals surface area contributed by atoms with Crippen LogP contribution >= 0.6 is 0 Å². The summed E-state index contributed by atoms with van der Waals surface area (Å²) >= 11 is 0. The summed E-state index contributed by atoms with van der Waals surface area (Å²) in [6, 6.07) is 9.55. The number of anilines is 1.